The molecule has 110 valence electrons. The van der Waals surface area contributed by atoms with E-state index in [1.54, 1.807) is 16.2 Å². The SMILES string of the molecule is CCC1NC(=O)C(C(C)C)N(Cc2cc(Br)cs2)C1=O. The quantitative estimate of drug-likeness (QED) is 0.899. The lowest BCUT2D eigenvalue weighted by Crippen LogP contribution is -2.64. The lowest BCUT2D eigenvalue weighted by molar-refractivity contribution is -0.151. The number of nitrogens with one attached hydrogen (secondary N) is 1. The first-order valence-corrected chi connectivity index (χ1v) is 8.45. The van der Waals surface area contributed by atoms with Crippen molar-refractivity contribution in [1.82, 2.24) is 10.2 Å². The van der Waals surface area contributed by atoms with E-state index in [1.165, 1.54) is 0 Å². The molecular weight excluding hydrogens is 340 g/mol. The molecule has 0 bridgehead atoms. The van der Waals surface area contributed by atoms with Gasteiger partial charge in [0.1, 0.15) is 12.1 Å². The molecule has 0 aromatic carbocycles. The molecule has 0 radical (unpaired) electrons. The van der Waals surface area contributed by atoms with Crippen molar-refractivity contribution >= 4 is 39.1 Å². The summed E-state index contributed by atoms with van der Waals surface area (Å²) >= 11 is 5.02. The summed E-state index contributed by atoms with van der Waals surface area (Å²) in [5.74, 6) is 0.0811. The number of nitrogens with zero attached hydrogens (tertiary/aromatic N) is 1. The van der Waals surface area contributed by atoms with Gasteiger partial charge in [0.25, 0.3) is 0 Å². The fraction of sp³-hybridized carbons (Fsp3) is 0.571. The van der Waals surface area contributed by atoms with Gasteiger partial charge in [-0.1, -0.05) is 20.8 Å². The van der Waals surface area contributed by atoms with Crippen LogP contribution in [-0.2, 0) is 16.1 Å². The average Bonchev–Trinajstić information content (AvgIpc) is 2.78. The number of carbonyl (C=O) groups excluding carboxylic acids is 2. The van der Waals surface area contributed by atoms with Gasteiger partial charge in [0.05, 0.1) is 6.54 Å². The first-order valence-electron chi connectivity index (χ1n) is 6.77. The minimum Gasteiger partial charge on any atom is -0.343 e. The van der Waals surface area contributed by atoms with Gasteiger partial charge in [0, 0.05) is 14.7 Å². The van der Waals surface area contributed by atoms with E-state index in [4.69, 9.17) is 0 Å². The second-order valence-corrected chi connectivity index (χ2v) is 7.27. The Labute approximate surface area is 131 Å². The molecular formula is C14H19BrN2O2S. The summed E-state index contributed by atoms with van der Waals surface area (Å²) in [6, 6.07) is 1.23. The minimum atomic E-state index is -0.388. The van der Waals surface area contributed by atoms with Crippen molar-refractivity contribution < 1.29 is 9.59 Å². The zero-order valence-electron chi connectivity index (χ0n) is 11.9. The van der Waals surface area contributed by atoms with Crippen molar-refractivity contribution in [2.24, 2.45) is 5.92 Å². The number of piperazine rings is 1. The summed E-state index contributed by atoms with van der Waals surface area (Å²) < 4.78 is 1.01. The van der Waals surface area contributed by atoms with Crippen molar-refractivity contribution in [3.8, 4) is 0 Å². The Morgan fingerprint density at radius 3 is 2.65 bits per heavy atom. The summed E-state index contributed by atoms with van der Waals surface area (Å²) in [5.41, 5.74) is 0. The predicted octanol–water partition coefficient (Wildman–Crippen LogP) is 2.77. The largest absolute Gasteiger partial charge is 0.343 e. The molecule has 1 saturated heterocycles. The highest BCUT2D eigenvalue weighted by atomic mass is 79.9. The molecule has 20 heavy (non-hydrogen) atoms. The maximum Gasteiger partial charge on any atom is 0.246 e. The number of halogens is 1. The number of hydrogen-bond donors (Lipinski definition) is 1. The zero-order valence-corrected chi connectivity index (χ0v) is 14.3. The van der Waals surface area contributed by atoms with Crippen LogP contribution in [0.15, 0.2) is 15.9 Å². The molecule has 1 aliphatic rings. The van der Waals surface area contributed by atoms with E-state index in [1.807, 2.05) is 32.2 Å². The molecule has 2 rings (SSSR count). The number of hydrogen-bond acceptors (Lipinski definition) is 3. The van der Waals surface area contributed by atoms with Crippen LogP contribution in [0.3, 0.4) is 0 Å². The van der Waals surface area contributed by atoms with Crippen LogP contribution < -0.4 is 5.32 Å². The van der Waals surface area contributed by atoms with E-state index in [0.717, 1.165) is 9.35 Å². The number of carbonyl (C=O) groups is 2. The van der Waals surface area contributed by atoms with Gasteiger partial charge in [-0.2, -0.15) is 0 Å². The van der Waals surface area contributed by atoms with E-state index in [9.17, 15) is 9.59 Å². The van der Waals surface area contributed by atoms with Crippen LogP contribution in [0.2, 0.25) is 0 Å². The third-order valence-corrected chi connectivity index (χ3v) is 5.17. The fourth-order valence-electron chi connectivity index (χ4n) is 2.52. The van der Waals surface area contributed by atoms with Crippen LogP contribution in [0.25, 0.3) is 0 Å². The third-order valence-electron chi connectivity index (χ3n) is 3.49. The maximum atomic E-state index is 12.5. The van der Waals surface area contributed by atoms with Gasteiger partial charge >= 0.3 is 0 Å². The molecule has 2 heterocycles. The Balaban J connectivity index is 2.27. The van der Waals surface area contributed by atoms with E-state index < -0.39 is 0 Å². The van der Waals surface area contributed by atoms with Gasteiger partial charge in [-0.3, -0.25) is 9.59 Å². The van der Waals surface area contributed by atoms with Crippen molar-refractivity contribution in [3.05, 3.63) is 20.8 Å². The van der Waals surface area contributed by atoms with E-state index >= 15 is 0 Å². The standard InChI is InChI=1S/C14H19BrN2O2S/c1-4-11-14(19)17(6-10-5-9(15)7-20-10)12(8(2)3)13(18)16-11/h5,7-8,11-12H,4,6H2,1-3H3,(H,16,18). The normalized spacial score (nSPS) is 23.4. The predicted molar refractivity (Wildman–Crippen MR) is 83.4 cm³/mol. The van der Waals surface area contributed by atoms with Crippen molar-refractivity contribution in [1.29, 1.82) is 0 Å². The van der Waals surface area contributed by atoms with Gasteiger partial charge < -0.3 is 10.2 Å². The smallest absolute Gasteiger partial charge is 0.246 e. The Hall–Kier alpha value is -0.880. The summed E-state index contributed by atoms with van der Waals surface area (Å²) in [5, 5.41) is 4.82. The molecule has 2 atom stereocenters. The van der Waals surface area contributed by atoms with Gasteiger partial charge in [-0.25, -0.2) is 0 Å². The van der Waals surface area contributed by atoms with E-state index in [2.05, 4.69) is 21.2 Å². The van der Waals surface area contributed by atoms with E-state index in [-0.39, 0.29) is 29.8 Å². The molecule has 0 saturated carbocycles. The second kappa shape index (κ2) is 6.26. The number of rotatable bonds is 4. The molecule has 0 spiro atoms. The van der Waals surface area contributed by atoms with Crippen LogP contribution >= 0.6 is 27.3 Å². The molecule has 1 fully saturated rings. The molecule has 1 aromatic rings. The van der Waals surface area contributed by atoms with Crippen LogP contribution in [0.4, 0.5) is 0 Å². The third kappa shape index (κ3) is 3.06. The Morgan fingerprint density at radius 1 is 1.45 bits per heavy atom. The van der Waals surface area contributed by atoms with Gasteiger partial charge in [0.15, 0.2) is 0 Å². The Morgan fingerprint density at radius 2 is 2.15 bits per heavy atom. The average molecular weight is 359 g/mol. The van der Waals surface area contributed by atoms with Crippen LogP contribution in [0.1, 0.15) is 32.1 Å². The monoisotopic (exact) mass is 358 g/mol. The molecule has 2 unspecified atom stereocenters. The van der Waals surface area contributed by atoms with Gasteiger partial charge in [-0.15, -0.1) is 11.3 Å². The summed E-state index contributed by atoms with van der Waals surface area (Å²) in [7, 11) is 0. The number of thiophene rings is 1. The molecule has 6 heteroatoms. The second-order valence-electron chi connectivity index (χ2n) is 5.36. The summed E-state index contributed by atoms with van der Waals surface area (Å²) in [6.07, 6.45) is 0.625. The molecule has 4 nitrogen and oxygen atoms in total. The van der Waals surface area contributed by atoms with Crippen molar-refractivity contribution in [2.75, 3.05) is 0 Å². The molecule has 1 aliphatic heterocycles. The molecule has 0 aliphatic carbocycles. The summed E-state index contributed by atoms with van der Waals surface area (Å²) in [4.78, 5) is 27.6. The first kappa shape index (κ1) is 15.5. The molecule has 1 aromatic heterocycles. The van der Waals surface area contributed by atoms with Crippen LogP contribution in [-0.4, -0.2) is 28.8 Å². The van der Waals surface area contributed by atoms with Crippen molar-refractivity contribution in [3.63, 3.8) is 0 Å². The lowest BCUT2D eigenvalue weighted by atomic mass is 9.96. The highest BCUT2D eigenvalue weighted by Gasteiger charge is 2.41. The van der Waals surface area contributed by atoms with Crippen LogP contribution in [0, 0.1) is 5.92 Å². The fourth-order valence-corrected chi connectivity index (χ4v) is 3.97. The topological polar surface area (TPSA) is 49.4 Å². The number of amides is 2. The lowest BCUT2D eigenvalue weighted by Gasteiger charge is -2.40. The molecule has 1 N–H and O–H groups in total. The van der Waals surface area contributed by atoms with E-state index in [0.29, 0.717) is 13.0 Å². The summed E-state index contributed by atoms with van der Waals surface area (Å²) in [6.45, 7) is 6.36. The minimum absolute atomic E-state index is 0.0234. The van der Waals surface area contributed by atoms with Gasteiger partial charge in [0.2, 0.25) is 11.8 Å². The zero-order chi connectivity index (χ0) is 14.9. The highest BCUT2D eigenvalue weighted by Crippen LogP contribution is 2.26. The van der Waals surface area contributed by atoms with Crippen molar-refractivity contribution in [2.45, 2.75) is 45.8 Å². The first-order chi connectivity index (χ1) is 9.43. The highest BCUT2D eigenvalue weighted by molar-refractivity contribution is 9.10. The van der Waals surface area contributed by atoms with Crippen LogP contribution in [0.5, 0.6) is 0 Å². The maximum absolute atomic E-state index is 12.5. The Kier molecular flexibility index (Phi) is 4.86. The Bertz CT molecular complexity index is 515. The molecule has 2 amide bonds. The van der Waals surface area contributed by atoms with Gasteiger partial charge in [-0.05, 0) is 34.3 Å².